The number of pyridine rings is 1. The lowest BCUT2D eigenvalue weighted by atomic mass is 9.93. The first kappa shape index (κ1) is 13.3. The van der Waals surface area contributed by atoms with Crippen LogP contribution in [-0.4, -0.2) is 32.9 Å². The summed E-state index contributed by atoms with van der Waals surface area (Å²) in [6.07, 6.45) is 7.40. The van der Waals surface area contributed by atoms with Crippen LogP contribution in [0.4, 0.5) is 0 Å². The van der Waals surface area contributed by atoms with Crippen LogP contribution in [0.15, 0.2) is 30.6 Å². The van der Waals surface area contributed by atoms with E-state index in [0.29, 0.717) is 5.92 Å². The number of aromatic amines is 1. The molecule has 0 radical (unpaired) electrons. The molecule has 1 N–H and O–H groups in total. The van der Waals surface area contributed by atoms with Crippen LogP contribution >= 0.6 is 0 Å². The summed E-state index contributed by atoms with van der Waals surface area (Å²) in [5.74, 6) is 1.78. The number of aromatic nitrogens is 3. The molecule has 2 aromatic rings. The number of nitrogens with zero attached hydrogens (tertiary/aromatic N) is 3. The second kappa shape index (κ2) is 6.18. The molecular formula is C16H22N4. The first-order valence-corrected chi connectivity index (χ1v) is 7.43. The zero-order chi connectivity index (χ0) is 13.8. The predicted molar refractivity (Wildman–Crippen MR) is 79.3 cm³/mol. The van der Waals surface area contributed by atoms with Gasteiger partial charge in [0.05, 0.1) is 6.54 Å². The van der Waals surface area contributed by atoms with Gasteiger partial charge in [0, 0.05) is 30.3 Å². The van der Waals surface area contributed by atoms with Crippen LogP contribution < -0.4 is 0 Å². The standard InChI is InChI=1S/C16H22N4/c1-13-4-2-6-15(19-13)10-14-5-3-9-20(11-14)12-16-17-7-8-18-16/h2,4,6-8,14H,3,5,9-12H2,1H3,(H,17,18)/t14-/m1/s1. The van der Waals surface area contributed by atoms with Crippen molar-refractivity contribution in [2.75, 3.05) is 13.1 Å². The van der Waals surface area contributed by atoms with E-state index in [1.807, 2.05) is 12.4 Å². The Balaban J connectivity index is 1.57. The van der Waals surface area contributed by atoms with E-state index in [2.05, 4.69) is 45.0 Å². The molecule has 1 aliphatic heterocycles. The van der Waals surface area contributed by atoms with Crippen molar-refractivity contribution in [3.63, 3.8) is 0 Å². The van der Waals surface area contributed by atoms with Gasteiger partial charge in [-0.3, -0.25) is 9.88 Å². The third-order valence-electron chi connectivity index (χ3n) is 3.98. The maximum absolute atomic E-state index is 4.63. The molecule has 20 heavy (non-hydrogen) atoms. The van der Waals surface area contributed by atoms with Gasteiger partial charge in [-0.25, -0.2) is 4.98 Å². The molecule has 3 rings (SSSR count). The van der Waals surface area contributed by atoms with Gasteiger partial charge >= 0.3 is 0 Å². The summed E-state index contributed by atoms with van der Waals surface area (Å²) in [5.41, 5.74) is 2.35. The number of likely N-dealkylation sites (tertiary alicyclic amines) is 1. The highest BCUT2D eigenvalue weighted by Gasteiger charge is 2.21. The highest BCUT2D eigenvalue weighted by atomic mass is 15.2. The van der Waals surface area contributed by atoms with Crippen molar-refractivity contribution in [1.29, 1.82) is 0 Å². The Bertz CT molecular complexity index is 535. The van der Waals surface area contributed by atoms with Gasteiger partial charge in [0.15, 0.2) is 0 Å². The summed E-state index contributed by atoms with van der Waals surface area (Å²) in [6.45, 7) is 5.33. The third-order valence-corrected chi connectivity index (χ3v) is 3.98. The lowest BCUT2D eigenvalue weighted by molar-refractivity contribution is 0.163. The van der Waals surface area contributed by atoms with Gasteiger partial charge < -0.3 is 4.98 Å². The van der Waals surface area contributed by atoms with Crippen molar-refractivity contribution >= 4 is 0 Å². The molecule has 0 bridgehead atoms. The largest absolute Gasteiger partial charge is 0.348 e. The number of aryl methyl sites for hydroxylation is 1. The molecule has 0 unspecified atom stereocenters. The number of rotatable bonds is 4. The van der Waals surface area contributed by atoms with E-state index >= 15 is 0 Å². The van der Waals surface area contributed by atoms with Crippen LogP contribution in [0.2, 0.25) is 0 Å². The number of imidazole rings is 1. The first-order chi connectivity index (χ1) is 9.79. The van der Waals surface area contributed by atoms with E-state index in [1.54, 1.807) is 0 Å². The Hall–Kier alpha value is -1.68. The molecule has 0 amide bonds. The Morgan fingerprint density at radius 2 is 2.35 bits per heavy atom. The molecule has 4 nitrogen and oxygen atoms in total. The maximum Gasteiger partial charge on any atom is 0.120 e. The van der Waals surface area contributed by atoms with Crippen molar-refractivity contribution in [3.8, 4) is 0 Å². The van der Waals surface area contributed by atoms with Crippen molar-refractivity contribution in [1.82, 2.24) is 19.9 Å². The lowest BCUT2D eigenvalue weighted by Gasteiger charge is -2.32. The molecule has 1 aliphatic rings. The van der Waals surface area contributed by atoms with Crippen molar-refractivity contribution in [2.24, 2.45) is 5.92 Å². The Kier molecular flexibility index (Phi) is 4.11. The molecule has 0 spiro atoms. The van der Waals surface area contributed by atoms with Gasteiger partial charge in [-0.1, -0.05) is 6.07 Å². The van der Waals surface area contributed by atoms with Crippen molar-refractivity contribution in [2.45, 2.75) is 32.7 Å². The van der Waals surface area contributed by atoms with Crippen molar-refractivity contribution in [3.05, 3.63) is 47.8 Å². The molecule has 2 aromatic heterocycles. The third kappa shape index (κ3) is 3.45. The predicted octanol–water partition coefficient (Wildman–Crippen LogP) is 2.57. The molecule has 1 atom stereocenters. The van der Waals surface area contributed by atoms with Gasteiger partial charge in [-0.2, -0.15) is 0 Å². The molecule has 0 saturated carbocycles. The average molecular weight is 270 g/mol. The monoisotopic (exact) mass is 270 g/mol. The van der Waals surface area contributed by atoms with Crippen LogP contribution in [0.5, 0.6) is 0 Å². The van der Waals surface area contributed by atoms with Gasteiger partial charge in [-0.15, -0.1) is 0 Å². The highest BCUT2D eigenvalue weighted by molar-refractivity contribution is 5.10. The summed E-state index contributed by atoms with van der Waals surface area (Å²) in [5, 5.41) is 0. The molecule has 106 valence electrons. The molecule has 1 fully saturated rings. The maximum atomic E-state index is 4.63. The quantitative estimate of drug-likeness (QED) is 0.928. The number of hydrogen-bond acceptors (Lipinski definition) is 3. The van der Waals surface area contributed by atoms with Crippen molar-refractivity contribution < 1.29 is 0 Å². The molecule has 1 saturated heterocycles. The Morgan fingerprint density at radius 1 is 1.40 bits per heavy atom. The number of H-pyrrole nitrogens is 1. The zero-order valence-corrected chi connectivity index (χ0v) is 12.0. The second-order valence-corrected chi connectivity index (χ2v) is 5.75. The fraction of sp³-hybridized carbons (Fsp3) is 0.500. The SMILES string of the molecule is Cc1cccc(C[C@H]2CCCN(Cc3ncc[nH]3)C2)n1. The van der Waals surface area contributed by atoms with E-state index in [0.717, 1.165) is 31.0 Å². The minimum atomic E-state index is 0.716. The van der Waals surface area contributed by atoms with E-state index < -0.39 is 0 Å². The summed E-state index contributed by atoms with van der Waals surface area (Å²) in [7, 11) is 0. The Morgan fingerprint density at radius 3 is 3.15 bits per heavy atom. The fourth-order valence-corrected chi connectivity index (χ4v) is 3.07. The zero-order valence-electron chi connectivity index (χ0n) is 12.0. The average Bonchev–Trinajstić information content (AvgIpc) is 2.92. The van der Waals surface area contributed by atoms with Gasteiger partial charge in [0.2, 0.25) is 0 Å². The minimum Gasteiger partial charge on any atom is -0.348 e. The van der Waals surface area contributed by atoms with E-state index in [-0.39, 0.29) is 0 Å². The van der Waals surface area contributed by atoms with Gasteiger partial charge in [0.25, 0.3) is 0 Å². The van der Waals surface area contributed by atoms with Crippen LogP contribution in [0, 0.1) is 12.8 Å². The summed E-state index contributed by atoms with van der Waals surface area (Å²) in [6, 6.07) is 6.33. The van der Waals surface area contributed by atoms with Crippen LogP contribution in [0.3, 0.4) is 0 Å². The number of nitrogens with one attached hydrogen (secondary N) is 1. The molecule has 0 aromatic carbocycles. The van der Waals surface area contributed by atoms with Gasteiger partial charge in [-0.05, 0) is 50.8 Å². The van der Waals surface area contributed by atoms with Gasteiger partial charge in [0.1, 0.15) is 5.82 Å². The first-order valence-electron chi connectivity index (χ1n) is 7.43. The molecule has 0 aliphatic carbocycles. The minimum absolute atomic E-state index is 0.716. The van der Waals surface area contributed by atoms with Crippen LogP contribution in [-0.2, 0) is 13.0 Å². The van der Waals surface area contributed by atoms with E-state index in [9.17, 15) is 0 Å². The topological polar surface area (TPSA) is 44.8 Å². The summed E-state index contributed by atoms with van der Waals surface area (Å²) < 4.78 is 0. The molecular weight excluding hydrogens is 248 g/mol. The van der Waals surface area contributed by atoms with E-state index in [4.69, 9.17) is 0 Å². The highest BCUT2D eigenvalue weighted by Crippen LogP contribution is 2.21. The lowest BCUT2D eigenvalue weighted by Crippen LogP contribution is -2.36. The van der Waals surface area contributed by atoms with E-state index in [1.165, 1.54) is 25.1 Å². The second-order valence-electron chi connectivity index (χ2n) is 5.75. The van der Waals surface area contributed by atoms with Crippen LogP contribution in [0.25, 0.3) is 0 Å². The molecule has 4 heteroatoms. The normalized spacial score (nSPS) is 20.1. The smallest absolute Gasteiger partial charge is 0.120 e. The van der Waals surface area contributed by atoms with Crippen LogP contribution in [0.1, 0.15) is 30.1 Å². The summed E-state index contributed by atoms with van der Waals surface area (Å²) in [4.78, 5) is 14.6. The summed E-state index contributed by atoms with van der Waals surface area (Å²) >= 11 is 0. The number of piperidine rings is 1. The molecule has 3 heterocycles. The fourth-order valence-electron chi connectivity index (χ4n) is 3.07. The number of hydrogen-bond donors (Lipinski definition) is 1. The Labute approximate surface area is 120 Å².